The molecule has 0 aliphatic carbocycles. The largest absolute Gasteiger partial charge is 0.493 e. The topological polar surface area (TPSA) is 73.0 Å². The summed E-state index contributed by atoms with van der Waals surface area (Å²) in [5, 5.41) is 10.2. The van der Waals surface area contributed by atoms with Crippen LogP contribution in [-0.4, -0.2) is 28.8 Å². The van der Waals surface area contributed by atoms with Gasteiger partial charge in [0, 0.05) is 17.7 Å². The van der Waals surface area contributed by atoms with Crippen LogP contribution in [0.1, 0.15) is 4.88 Å². The number of ether oxygens (including phenoxy) is 2. The van der Waals surface area contributed by atoms with Gasteiger partial charge in [0.25, 0.3) is 0 Å². The van der Waals surface area contributed by atoms with E-state index in [0.717, 1.165) is 16.6 Å². The van der Waals surface area contributed by atoms with E-state index in [0.29, 0.717) is 27.2 Å². The summed E-state index contributed by atoms with van der Waals surface area (Å²) in [5.74, 6) is 1.23. The second-order valence-electron chi connectivity index (χ2n) is 5.46. The molecule has 0 unspecified atom stereocenters. The Balaban J connectivity index is 1.89. The molecule has 128 valence electrons. The predicted octanol–water partition coefficient (Wildman–Crippen LogP) is 4.04. The highest BCUT2D eigenvalue weighted by Gasteiger charge is 2.17. The lowest BCUT2D eigenvalue weighted by molar-refractivity contribution is 0.355. The first-order valence-corrected chi connectivity index (χ1v) is 8.62. The zero-order valence-corrected chi connectivity index (χ0v) is 14.9. The second-order valence-corrected chi connectivity index (χ2v) is 6.44. The van der Waals surface area contributed by atoms with Crippen LogP contribution in [-0.2, 0) is 0 Å². The van der Waals surface area contributed by atoms with Crippen molar-refractivity contribution in [3.05, 3.63) is 53.7 Å². The van der Waals surface area contributed by atoms with E-state index < -0.39 is 0 Å². The highest BCUT2D eigenvalue weighted by atomic mass is 32.1. The number of rotatable bonds is 4. The van der Waals surface area contributed by atoms with Crippen molar-refractivity contribution >= 4 is 22.4 Å². The molecule has 0 atom stereocenters. The van der Waals surface area contributed by atoms with Gasteiger partial charge >= 0.3 is 0 Å². The summed E-state index contributed by atoms with van der Waals surface area (Å²) in [6.45, 7) is 0. The van der Waals surface area contributed by atoms with Crippen molar-refractivity contribution in [2.45, 2.75) is 0 Å². The normalized spacial score (nSPS) is 10.7. The molecule has 0 spiro atoms. The second kappa shape index (κ2) is 6.50. The molecule has 0 aliphatic heterocycles. The third kappa shape index (κ3) is 2.57. The van der Waals surface area contributed by atoms with Gasteiger partial charge in [0.15, 0.2) is 16.6 Å². The Bertz CT molecular complexity index is 1130. The Morgan fingerprint density at radius 3 is 2.50 bits per heavy atom. The fourth-order valence-electron chi connectivity index (χ4n) is 2.77. The maximum Gasteiger partial charge on any atom is 0.197 e. The first-order chi connectivity index (χ1) is 12.7. The van der Waals surface area contributed by atoms with Crippen LogP contribution in [0.15, 0.2) is 48.8 Å². The molecule has 6 nitrogen and oxygen atoms in total. The zero-order chi connectivity index (χ0) is 18.1. The molecule has 0 amide bonds. The van der Waals surface area contributed by atoms with Crippen LogP contribution in [0, 0.1) is 11.3 Å². The smallest absolute Gasteiger partial charge is 0.197 e. The van der Waals surface area contributed by atoms with Crippen LogP contribution < -0.4 is 9.47 Å². The average molecular weight is 362 g/mol. The Morgan fingerprint density at radius 1 is 1.08 bits per heavy atom. The SMILES string of the molecule is COc1cc2ncn(-c3nc(-c4ccccc4)c(C#N)s3)c2cc1OC. The minimum Gasteiger partial charge on any atom is -0.493 e. The molecule has 0 bridgehead atoms. The molecule has 4 aromatic rings. The Kier molecular flexibility index (Phi) is 4.03. The van der Waals surface area contributed by atoms with Crippen LogP contribution in [0.4, 0.5) is 0 Å². The number of benzene rings is 2. The number of thiazole rings is 1. The molecule has 2 heterocycles. The van der Waals surface area contributed by atoms with Crippen molar-refractivity contribution in [1.82, 2.24) is 14.5 Å². The lowest BCUT2D eigenvalue weighted by Crippen LogP contribution is -1.94. The third-order valence-electron chi connectivity index (χ3n) is 4.02. The van der Waals surface area contributed by atoms with Crippen molar-refractivity contribution in [1.29, 1.82) is 5.26 Å². The molecule has 0 saturated heterocycles. The first kappa shape index (κ1) is 16.1. The number of nitrogens with zero attached hydrogens (tertiary/aromatic N) is 4. The number of fused-ring (bicyclic) bond motifs is 1. The van der Waals surface area contributed by atoms with E-state index in [4.69, 9.17) is 9.47 Å². The molecular weight excluding hydrogens is 348 g/mol. The molecule has 4 rings (SSSR count). The van der Waals surface area contributed by atoms with Crippen LogP contribution in [0.3, 0.4) is 0 Å². The van der Waals surface area contributed by atoms with Crippen molar-refractivity contribution < 1.29 is 9.47 Å². The summed E-state index contributed by atoms with van der Waals surface area (Å²) in [4.78, 5) is 9.68. The Hall–Kier alpha value is -3.37. The van der Waals surface area contributed by atoms with E-state index in [1.165, 1.54) is 11.3 Å². The maximum atomic E-state index is 9.51. The lowest BCUT2D eigenvalue weighted by Gasteiger charge is -2.07. The van der Waals surface area contributed by atoms with Gasteiger partial charge in [0.2, 0.25) is 0 Å². The summed E-state index contributed by atoms with van der Waals surface area (Å²) in [6, 6.07) is 15.6. The van der Waals surface area contributed by atoms with Crippen LogP contribution in [0.2, 0.25) is 0 Å². The van der Waals surface area contributed by atoms with Gasteiger partial charge in [0.1, 0.15) is 23.0 Å². The molecule has 0 N–H and O–H groups in total. The van der Waals surface area contributed by atoms with Gasteiger partial charge in [-0.3, -0.25) is 4.57 Å². The van der Waals surface area contributed by atoms with E-state index in [1.807, 2.05) is 47.0 Å². The quantitative estimate of drug-likeness (QED) is 0.548. The Labute approximate surface area is 153 Å². The molecule has 0 aliphatic rings. The van der Waals surface area contributed by atoms with Gasteiger partial charge in [-0.25, -0.2) is 9.97 Å². The number of methoxy groups -OCH3 is 2. The maximum absolute atomic E-state index is 9.51. The molecule has 0 saturated carbocycles. The van der Waals surface area contributed by atoms with E-state index in [2.05, 4.69) is 16.0 Å². The standard InChI is InChI=1S/C19H14N4O2S/c1-24-15-8-13-14(9-16(15)25-2)23(11-21-13)19-22-18(17(10-20)26-19)12-6-4-3-5-7-12/h3-9,11H,1-2H3. The van der Waals surface area contributed by atoms with Crippen molar-refractivity contribution in [3.63, 3.8) is 0 Å². The van der Waals surface area contributed by atoms with E-state index in [9.17, 15) is 5.26 Å². The zero-order valence-electron chi connectivity index (χ0n) is 14.1. The van der Waals surface area contributed by atoms with E-state index in [1.54, 1.807) is 20.5 Å². The monoisotopic (exact) mass is 362 g/mol. The molecule has 2 aromatic heterocycles. The molecule has 7 heteroatoms. The first-order valence-electron chi connectivity index (χ1n) is 7.81. The van der Waals surface area contributed by atoms with Gasteiger partial charge in [-0.1, -0.05) is 41.7 Å². The summed E-state index contributed by atoms with van der Waals surface area (Å²) in [5.41, 5.74) is 3.18. The van der Waals surface area contributed by atoms with Crippen molar-refractivity contribution in [2.75, 3.05) is 14.2 Å². The fourth-order valence-corrected chi connectivity index (χ4v) is 3.64. The van der Waals surface area contributed by atoms with Crippen LogP contribution in [0.25, 0.3) is 27.4 Å². The number of aromatic nitrogens is 3. The molecule has 0 radical (unpaired) electrons. The highest BCUT2D eigenvalue weighted by Crippen LogP contribution is 2.35. The molecule has 26 heavy (non-hydrogen) atoms. The molecule has 0 fully saturated rings. The lowest BCUT2D eigenvalue weighted by atomic mass is 10.1. The minimum absolute atomic E-state index is 0.563. The van der Waals surface area contributed by atoms with Gasteiger partial charge < -0.3 is 9.47 Å². The van der Waals surface area contributed by atoms with E-state index in [-0.39, 0.29) is 0 Å². The molecular formula is C19H14N4O2S. The van der Waals surface area contributed by atoms with Gasteiger partial charge in [-0.05, 0) is 0 Å². The summed E-state index contributed by atoms with van der Waals surface area (Å²) >= 11 is 1.33. The minimum atomic E-state index is 0.563. The predicted molar refractivity (Wildman–Crippen MR) is 100.0 cm³/mol. The molecule has 2 aromatic carbocycles. The van der Waals surface area contributed by atoms with Crippen molar-refractivity contribution in [2.24, 2.45) is 0 Å². The van der Waals surface area contributed by atoms with Crippen molar-refractivity contribution in [3.8, 4) is 34.0 Å². The average Bonchev–Trinajstić information content (AvgIpc) is 3.30. The summed E-state index contributed by atoms with van der Waals surface area (Å²) in [7, 11) is 3.18. The van der Waals surface area contributed by atoms with Gasteiger partial charge in [0.05, 0.1) is 25.3 Å². The number of nitriles is 1. The third-order valence-corrected chi connectivity index (χ3v) is 4.98. The van der Waals surface area contributed by atoms with Crippen LogP contribution >= 0.6 is 11.3 Å². The number of imidazole rings is 1. The van der Waals surface area contributed by atoms with Crippen LogP contribution in [0.5, 0.6) is 11.5 Å². The van der Waals surface area contributed by atoms with E-state index >= 15 is 0 Å². The fraction of sp³-hybridized carbons (Fsp3) is 0.105. The highest BCUT2D eigenvalue weighted by molar-refractivity contribution is 7.15. The van der Waals surface area contributed by atoms with Gasteiger partial charge in [-0.15, -0.1) is 0 Å². The number of hydrogen-bond acceptors (Lipinski definition) is 6. The van der Waals surface area contributed by atoms with Gasteiger partial charge in [-0.2, -0.15) is 5.26 Å². The summed E-state index contributed by atoms with van der Waals surface area (Å²) in [6.07, 6.45) is 1.69. The number of hydrogen-bond donors (Lipinski definition) is 0. The Morgan fingerprint density at radius 2 is 1.81 bits per heavy atom. The summed E-state index contributed by atoms with van der Waals surface area (Å²) < 4.78 is 12.6.